The largest absolute Gasteiger partial charge is 0.444 e. The highest BCUT2D eigenvalue weighted by Crippen LogP contribution is 2.37. The number of halogens is 1. The minimum atomic E-state index is -0.484. The molecule has 0 bridgehead atoms. The van der Waals surface area contributed by atoms with Crippen molar-refractivity contribution in [2.24, 2.45) is 5.92 Å². The molecule has 4 nitrogen and oxygen atoms in total. The number of rotatable bonds is 2. The fourth-order valence-corrected chi connectivity index (χ4v) is 4.39. The summed E-state index contributed by atoms with van der Waals surface area (Å²) in [5, 5.41) is 0. The van der Waals surface area contributed by atoms with E-state index in [9.17, 15) is 9.59 Å². The van der Waals surface area contributed by atoms with Crippen molar-refractivity contribution in [3.05, 3.63) is 21.0 Å². The van der Waals surface area contributed by atoms with Crippen molar-refractivity contribution >= 4 is 39.6 Å². The lowest BCUT2D eigenvalue weighted by molar-refractivity contribution is -0.119. The third kappa shape index (κ3) is 4.86. The quantitative estimate of drug-likeness (QED) is 0.682. The number of hydrogen-bond acceptors (Lipinski definition) is 4. The van der Waals surface area contributed by atoms with E-state index >= 15 is 0 Å². The molecule has 0 N–H and O–H groups in total. The molecule has 2 aliphatic heterocycles. The molecule has 1 saturated heterocycles. The summed E-state index contributed by atoms with van der Waals surface area (Å²) >= 11 is 5.13. The van der Waals surface area contributed by atoms with Gasteiger partial charge in [-0.25, -0.2) is 4.79 Å². The van der Waals surface area contributed by atoms with Gasteiger partial charge >= 0.3 is 6.09 Å². The Bertz CT molecular complexity index is 555. The Morgan fingerprint density at radius 2 is 1.91 bits per heavy atom. The predicted octanol–water partition coefficient (Wildman–Crippen LogP) is 4.50. The van der Waals surface area contributed by atoms with Gasteiger partial charge in [0.1, 0.15) is 5.60 Å². The Hall–Kier alpha value is -0.750. The molecule has 6 heteroatoms. The number of likely N-dealkylation sites (tertiary alicyclic amines) is 1. The summed E-state index contributed by atoms with van der Waals surface area (Å²) in [6.07, 6.45) is 3.24. The van der Waals surface area contributed by atoms with Crippen LogP contribution in [0, 0.1) is 5.92 Å². The van der Waals surface area contributed by atoms with Gasteiger partial charge in [0, 0.05) is 29.2 Å². The second-order valence-corrected chi connectivity index (χ2v) is 8.77. The Balaban J connectivity index is 1.94. The minimum absolute atomic E-state index is 0.00497. The van der Waals surface area contributed by atoms with Crippen molar-refractivity contribution < 1.29 is 14.3 Å². The summed E-state index contributed by atoms with van der Waals surface area (Å²) in [5.41, 5.74) is 0.639. The van der Waals surface area contributed by atoms with Crippen LogP contribution in [-0.4, -0.2) is 41.2 Å². The molecular weight excluding hydrogens is 378 g/mol. The first-order valence-corrected chi connectivity index (χ1v) is 9.69. The Kier molecular flexibility index (Phi) is 6.00. The van der Waals surface area contributed by atoms with Crippen LogP contribution in [0.5, 0.6) is 0 Å². The molecule has 1 fully saturated rings. The van der Waals surface area contributed by atoms with Crippen LogP contribution in [0.3, 0.4) is 0 Å². The molecule has 0 aromatic carbocycles. The molecule has 2 heterocycles. The first-order chi connectivity index (χ1) is 10.7. The molecule has 128 valence electrons. The average Bonchev–Trinajstić information content (AvgIpc) is 2.48. The fraction of sp³-hybridized carbons (Fsp3) is 0.647. The molecule has 0 aromatic heterocycles. The zero-order valence-corrected chi connectivity index (χ0v) is 16.6. The maximum absolute atomic E-state index is 12.7. The summed E-state index contributed by atoms with van der Waals surface area (Å²) in [5.74, 6) is 1.05. The van der Waals surface area contributed by atoms with Crippen LogP contribution < -0.4 is 0 Å². The summed E-state index contributed by atoms with van der Waals surface area (Å²) < 4.78 is 6.32. The van der Waals surface area contributed by atoms with Crippen LogP contribution in [0.2, 0.25) is 0 Å². The van der Waals surface area contributed by atoms with E-state index in [0.717, 1.165) is 20.7 Å². The molecule has 0 saturated carbocycles. The third-order valence-corrected chi connectivity index (χ3v) is 6.22. The second kappa shape index (κ2) is 7.43. The minimum Gasteiger partial charge on any atom is -0.444 e. The summed E-state index contributed by atoms with van der Waals surface area (Å²) in [7, 11) is 0. The maximum Gasteiger partial charge on any atom is 0.410 e. The monoisotopic (exact) mass is 401 g/mol. The topological polar surface area (TPSA) is 46.6 Å². The molecule has 0 atom stereocenters. The Morgan fingerprint density at radius 3 is 2.48 bits per heavy atom. The number of amides is 1. The van der Waals surface area contributed by atoms with E-state index in [1.807, 2.05) is 27.7 Å². The molecule has 0 unspecified atom stereocenters. The van der Waals surface area contributed by atoms with Gasteiger partial charge in [0.2, 0.25) is 0 Å². The van der Waals surface area contributed by atoms with Crippen molar-refractivity contribution in [2.75, 3.05) is 18.8 Å². The number of Topliss-reactive ketones (excluding diaryl/α,β-unsaturated/α-hetero) is 1. The highest BCUT2D eigenvalue weighted by atomic mass is 79.9. The molecule has 2 aliphatic rings. The number of allylic oxidation sites excluding steroid dienone is 3. The lowest BCUT2D eigenvalue weighted by Crippen LogP contribution is -2.43. The third-order valence-electron chi connectivity index (χ3n) is 3.90. The maximum atomic E-state index is 12.7. The van der Waals surface area contributed by atoms with Crippen LogP contribution >= 0.6 is 27.7 Å². The van der Waals surface area contributed by atoms with E-state index in [0.29, 0.717) is 25.9 Å². The smallest absolute Gasteiger partial charge is 0.410 e. The molecule has 0 radical (unpaired) electrons. The number of ether oxygens (including phenoxy) is 1. The number of ketones is 1. The number of thioether (sulfide) groups is 1. The summed E-state index contributed by atoms with van der Waals surface area (Å²) in [6.45, 7) is 8.76. The average molecular weight is 402 g/mol. The standard InChI is InChI=1S/C17H24BrNO3S/c1-11-7-10-23-15(13(11)18)14(20)12-5-8-19(9-6-12)16(21)22-17(2,3)4/h7,12H,5-6,8-10H2,1-4H3. The molecule has 1 amide bonds. The SMILES string of the molecule is CC1=CCSC(C(=O)C2CCN(C(=O)OC(C)(C)C)CC2)=C1Br. The first kappa shape index (κ1) is 18.6. The van der Waals surface area contributed by atoms with E-state index < -0.39 is 5.60 Å². The first-order valence-electron chi connectivity index (χ1n) is 7.91. The van der Waals surface area contributed by atoms with Crippen LogP contribution in [-0.2, 0) is 9.53 Å². The number of carbonyl (C=O) groups is 2. The van der Waals surface area contributed by atoms with Gasteiger partial charge in [-0.05, 0) is 62.0 Å². The van der Waals surface area contributed by atoms with Crippen molar-refractivity contribution in [2.45, 2.75) is 46.1 Å². The second-order valence-electron chi connectivity index (χ2n) is 6.95. The van der Waals surface area contributed by atoms with Crippen LogP contribution in [0.4, 0.5) is 4.79 Å². The number of piperidine rings is 1. The van der Waals surface area contributed by atoms with Crippen molar-refractivity contribution in [3.8, 4) is 0 Å². The van der Waals surface area contributed by atoms with Gasteiger partial charge in [-0.15, -0.1) is 11.8 Å². The molecule has 0 aromatic rings. The van der Waals surface area contributed by atoms with Crippen LogP contribution in [0.1, 0.15) is 40.5 Å². The van der Waals surface area contributed by atoms with Gasteiger partial charge in [0.25, 0.3) is 0 Å². The zero-order valence-electron chi connectivity index (χ0n) is 14.1. The number of hydrogen-bond donors (Lipinski definition) is 0. The predicted molar refractivity (Wildman–Crippen MR) is 97.7 cm³/mol. The number of carbonyl (C=O) groups excluding carboxylic acids is 2. The lowest BCUT2D eigenvalue weighted by Gasteiger charge is -2.33. The molecule has 2 rings (SSSR count). The van der Waals surface area contributed by atoms with Crippen LogP contribution in [0.15, 0.2) is 21.0 Å². The van der Waals surface area contributed by atoms with Gasteiger partial charge in [0.05, 0.1) is 4.91 Å². The Labute approximate surface area is 150 Å². The summed E-state index contributed by atoms with van der Waals surface area (Å²) in [4.78, 5) is 27.4. The fourth-order valence-electron chi connectivity index (χ4n) is 2.60. The van der Waals surface area contributed by atoms with E-state index in [1.54, 1.807) is 16.7 Å². The summed E-state index contributed by atoms with van der Waals surface area (Å²) in [6, 6.07) is 0. The molecule has 0 spiro atoms. The van der Waals surface area contributed by atoms with Gasteiger partial charge in [0.15, 0.2) is 5.78 Å². The van der Waals surface area contributed by atoms with E-state index in [1.165, 1.54) is 0 Å². The van der Waals surface area contributed by atoms with Crippen LogP contribution in [0.25, 0.3) is 0 Å². The molecular formula is C17H24BrNO3S. The number of nitrogens with zero attached hydrogens (tertiary/aromatic N) is 1. The highest BCUT2D eigenvalue weighted by molar-refractivity contribution is 9.12. The van der Waals surface area contributed by atoms with E-state index in [4.69, 9.17) is 4.74 Å². The Morgan fingerprint density at radius 1 is 1.30 bits per heavy atom. The highest BCUT2D eigenvalue weighted by Gasteiger charge is 2.32. The zero-order chi connectivity index (χ0) is 17.2. The van der Waals surface area contributed by atoms with Gasteiger partial charge in [-0.2, -0.15) is 0 Å². The lowest BCUT2D eigenvalue weighted by atomic mass is 9.92. The van der Waals surface area contributed by atoms with Crippen molar-refractivity contribution in [1.82, 2.24) is 4.90 Å². The van der Waals surface area contributed by atoms with Gasteiger partial charge < -0.3 is 9.64 Å². The van der Waals surface area contributed by atoms with E-state index in [-0.39, 0.29) is 17.8 Å². The van der Waals surface area contributed by atoms with Gasteiger partial charge in [-0.1, -0.05) is 6.08 Å². The van der Waals surface area contributed by atoms with E-state index in [2.05, 4.69) is 22.0 Å². The van der Waals surface area contributed by atoms with Crippen molar-refractivity contribution in [1.29, 1.82) is 0 Å². The molecule has 23 heavy (non-hydrogen) atoms. The van der Waals surface area contributed by atoms with Gasteiger partial charge in [-0.3, -0.25) is 4.79 Å². The molecule has 0 aliphatic carbocycles. The normalized spacial score (nSPS) is 20.4. The van der Waals surface area contributed by atoms with Crippen molar-refractivity contribution in [3.63, 3.8) is 0 Å².